The fourth-order valence-electron chi connectivity index (χ4n) is 3.46. The van der Waals surface area contributed by atoms with Crippen LogP contribution in [0.4, 0.5) is 5.69 Å². The highest BCUT2D eigenvalue weighted by atomic mass is 35.5. The molecule has 1 saturated heterocycles. The van der Waals surface area contributed by atoms with E-state index < -0.39 is 0 Å². The van der Waals surface area contributed by atoms with Gasteiger partial charge in [-0.2, -0.15) is 0 Å². The summed E-state index contributed by atoms with van der Waals surface area (Å²) < 4.78 is 0. The Labute approximate surface area is 166 Å². The van der Waals surface area contributed by atoms with Crippen molar-refractivity contribution in [3.05, 3.63) is 64.1 Å². The summed E-state index contributed by atoms with van der Waals surface area (Å²) in [4.78, 5) is 0. The average Bonchev–Trinajstić information content (AvgIpc) is 2.65. The predicted molar refractivity (Wildman–Crippen MR) is 112 cm³/mol. The zero-order valence-electron chi connectivity index (χ0n) is 15.3. The van der Waals surface area contributed by atoms with Crippen molar-refractivity contribution in [3.63, 3.8) is 0 Å². The van der Waals surface area contributed by atoms with Crippen molar-refractivity contribution in [3.8, 4) is 0 Å². The predicted octanol–water partition coefficient (Wildman–Crippen LogP) is 5.87. The molecule has 1 N–H and O–H groups in total. The van der Waals surface area contributed by atoms with E-state index in [1.54, 1.807) is 0 Å². The number of hydrogen-bond acceptors (Lipinski definition) is 3. The lowest BCUT2D eigenvalue weighted by Gasteiger charge is -2.39. The van der Waals surface area contributed by atoms with E-state index in [1.807, 2.05) is 30.3 Å². The van der Waals surface area contributed by atoms with Gasteiger partial charge in [-0.15, -0.1) is 0 Å². The molecule has 0 aliphatic carbocycles. The van der Waals surface area contributed by atoms with E-state index in [4.69, 9.17) is 23.2 Å². The molecule has 0 spiro atoms. The molecule has 2 aromatic carbocycles. The molecule has 26 heavy (non-hydrogen) atoms. The molecule has 1 heterocycles. The molecule has 1 unspecified atom stereocenters. The van der Waals surface area contributed by atoms with Crippen LogP contribution < -0.4 is 5.32 Å². The fraction of sp³-hybridized carbons (Fsp3) is 0.429. The number of nitrogens with one attached hydrogen (secondary N) is 1. The van der Waals surface area contributed by atoms with E-state index >= 15 is 0 Å². The Morgan fingerprint density at radius 2 is 1.69 bits per heavy atom. The van der Waals surface area contributed by atoms with Crippen LogP contribution in [0.15, 0.2) is 48.5 Å². The van der Waals surface area contributed by atoms with Crippen molar-refractivity contribution in [2.45, 2.75) is 32.1 Å². The molecular formula is C21H27Cl2N3. The lowest BCUT2D eigenvalue weighted by molar-refractivity contribution is -0.0368. The number of hydrazine groups is 1. The summed E-state index contributed by atoms with van der Waals surface area (Å²) in [7, 11) is 0. The second-order valence-electron chi connectivity index (χ2n) is 7.00. The van der Waals surface area contributed by atoms with Gasteiger partial charge in [0.2, 0.25) is 0 Å². The van der Waals surface area contributed by atoms with Crippen LogP contribution in [0.1, 0.15) is 37.7 Å². The molecule has 1 aliphatic heterocycles. The zero-order valence-corrected chi connectivity index (χ0v) is 16.8. The first-order chi connectivity index (χ1) is 12.6. The average molecular weight is 392 g/mol. The summed E-state index contributed by atoms with van der Waals surface area (Å²) in [5.41, 5.74) is 2.33. The van der Waals surface area contributed by atoms with Crippen LogP contribution in [0, 0.1) is 0 Å². The highest BCUT2D eigenvalue weighted by Crippen LogP contribution is 2.23. The van der Waals surface area contributed by atoms with Gasteiger partial charge in [-0.3, -0.25) is 0 Å². The fourth-order valence-corrected chi connectivity index (χ4v) is 3.84. The standard InChI is InChI=1S/C21H27Cl2N3/c1-17(18-7-5-8-19(22)13-18)15-26(25-11-3-2-4-12-25)16-24-21-10-6-9-20(23)14-21/h5-10,13-14,17,24H,2-4,11-12,15-16H2,1H3. The monoisotopic (exact) mass is 391 g/mol. The molecule has 0 aromatic heterocycles. The van der Waals surface area contributed by atoms with Gasteiger partial charge in [0.05, 0.1) is 6.67 Å². The number of piperidine rings is 1. The molecule has 1 atom stereocenters. The summed E-state index contributed by atoms with van der Waals surface area (Å²) in [6.07, 6.45) is 3.86. The third-order valence-electron chi connectivity index (χ3n) is 4.93. The normalized spacial score (nSPS) is 16.6. The molecule has 3 rings (SSSR count). The number of hydrogen-bond donors (Lipinski definition) is 1. The number of nitrogens with zero attached hydrogens (tertiary/aromatic N) is 2. The maximum Gasteiger partial charge on any atom is 0.0814 e. The molecule has 1 aliphatic rings. The Hall–Kier alpha value is -1.26. The molecule has 3 nitrogen and oxygen atoms in total. The first-order valence-electron chi connectivity index (χ1n) is 9.36. The molecule has 5 heteroatoms. The quantitative estimate of drug-likeness (QED) is 0.595. The Morgan fingerprint density at radius 1 is 1.00 bits per heavy atom. The van der Waals surface area contributed by atoms with Crippen LogP contribution in [0.5, 0.6) is 0 Å². The van der Waals surface area contributed by atoms with Gasteiger partial charge in [0, 0.05) is 35.4 Å². The largest absolute Gasteiger partial charge is 0.371 e. The number of anilines is 1. The molecule has 0 amide bonds. The number of halogens is 2. The van der Waals surface area contributed by atoms with Gasteiger partial charge in [-0.25, -0.2) is 10.0 Å². The van der Waals surface area contributed by atoms with Gasteiger partial charge in [-0.1, -0.05) is 54.7 Å². The van der Waals surface area contributed by atoms with Crippen molar-refractivity contribution < 1.29 is 0 Å². The van der Waals surface area contributed by atoms with Gasteiger partial charge in [0.25, 0.3) is 0 Å². The summed E-state index contributed by atoms with van der Waals surface area (Å²) in [6, 6.07) is 16.1. The minimum atomic E-state index is 0.400. The van der Waals surface area contributed by atoms with Crippen LogP contribution in [-0.4, -0.2) is 36.3 Å². The van der Waals surface area contributed by atoms with Gasteiger partial charge in [0.15, 0.2) is 0 Å². The summed E-state index contributed by atoms with van der Waals surface area (Å²) >= 11 is 12.3. The second kappa shape index (κ2) is 9.61. The second-order valence-corrected chi connectivity index (χ2v) is 7.88. The molecule has 2 aromatic rings. The van der Waals surface area contributed by atoms with E-state index in [2.05, 4.69) is 40.5 Å². The zero-order chi connectivity index (χ0) is 18.4. The topological polar surface area (TPSA) is 18.5 Å². The van der Waals surface area contributed by atoms with Crippen LogP contribution in [0.2, 0.25) is 10.0 Å². The lowest BCUT2D eigenvalue weighted by atomic mass is 10.0. The highest BCUT2D eigenvalue weighted by molar-refractivity contribution is 6.31. The highest BCUT2D eigenvalue weighted by Gasteiger charge is 2.21. The first-order valence-corrected chi connectivity index (χ1v) is 10.1. The van der Waals surface area contributed by atoms with Crippen molar-refractivity contribution in [2.75, 3.05) is 31.6 Å². The SMILES string of the molecule is CC(CN(CNc1cccc(Cl)c1)N1CCCCC1)c1cccc(Cl)c1. The molecule has 0 radical (unpaired) electrons. The third kappa shape index (κ3) is 5.62. The van der Waals surface area contributed by atoms with E-state index in [9.17, 15) is 0 Å². The van der Waals surface area contributed by atoms with E-state index in [1.165, 1.54) is 24.8 Å². The third-order valence-corrected chi connectivity index (χ3v) is 5.40. The minimum Gasteiger partial charge on any atom is -0.371 e. The first kappa shape index (κ1) is 19.5. The van der Waals surface area contributed by atoms with Gasteiger partial charge in [0.1, 0.15) is 0 Å². The van der Waals surface area contributed by atoms with Crippen LogP contribution in [0.3, 0.4) is 0 Å². The van der Waals surface area contributed by atoms with Crippen molar-refractivity contribution in [1.82, 2.24) is 10.0 Å². The van der Waals surface area contributed by atoms with Crippen molar-refractivity contribution in [1.29, 1.82) is 0 Å². The molecule has 0 saturated carbocycles. The van der Waals surface area contributed by atoms with Gasteiger partial charge in [-0.05, 0) is 54.7 Å². The lowest BCUT2D eigenvalue weighted by Crippen LogP contribution is -2.49. The molecule has 0 bridgehead atoms. The maximum absolute atomic E-state index is 6.18. The number of rotatable bonds is 7. The van der Waals surface area contributed by atoms with Gasteiger partial charge < -0.3 is 5.32 Å². The van der Waals surface area contributed by atoms with Crippen LogP contribution in [0.25, 0.3) is 0 Å². The van der Waals surface area contributed by atoms with Crippen molar-refractivity contribution in [2.24, 2.45) is 0 Å². The van der Waals surface area contributed by atoms with E-state index in [-0.39, 0.29) is 0 Å². The van der Waals surface area contributed by atoms with E-state index in [0.717, 1.165) is 42.0 Å². The van der Waals surface area contributed by atoms with Gasteiger partial charge >= 0.3 is 0 Å². The molecular weight excluding hydrogens is 365 g/mol. The minimum absolute atomic E-state index is 0.400. The molecule has 140 valence electrons. The van der Waals surface area contributed by atoms with Crippen LogP contribution >= 0.6 is 23.2 Å². The Bertz CT molecular complexity index is 701. The molecule has 1 fully saturated rings. The summed E-state index contributed by atoms with van der Waals surface area (Å²) in [6.45, 7) is 6.24. The smallest absolute Gasteiger partial charge is 0.0814 e. The Morgan fingerprint density at radius 3 is 2.38 bits per heavy atom. The van der Waals surface area contributed by atoms with Crippen LogP contribution in [-0.2, 0) is 0 Å². The van der Waals surface area contributed by atoms with E-state index in [0.29, 0.717) is 5.92 Å². The number of benzene rings is 2. The Kier molecular flexibility index (Phi) is 7.21. The summed E-state index contributed by atoms with van der Waals surface area (Å²) in [5.74, 6) is 0.400. The van der Waals surface area contributed by atoms with Crippen molar-refractivity contribution >= 4 is 28.9 Å². The Balaban J connectivity index is 1.68. The maximum atomic E-state index is 6.18. The summed E-state index contributed by atoms with van der Waals surface area (Å²) in [5, 5.41) is 10.0.